The summed E-state index contributed by atoms with van der Waals surface area (Å²) in [5.41, 5.74) is 0.618. The fourth-order valence-electron chi connectivity index (χ4n) is 1.91. The number of hydrogen-bond acceptors (Lipinski definition) is 3. The molecule has 2 aromatic rings. The van der Waals surface area contributed by atoms with Crippen LogP contribution in [0, 0.1) is 11.7 Å². The lowest BCUT2D eigenvalue weighted by Crippen LogP contribution is -2.33. The average molecular weight is 267 g/mol. The molecule has 1 N–H and O–H groups in total. The fourth-order valence-corrected chi connectivity index (χ4v) is 2.16. The van der Waals surface area contributed by atoms with E-state index in [2.05, 4.69) is 10.3 Å². The standard InChI is InChI=1S/C13H12ClFN2O/c14-11-4-10(15)3-9-1-2-12(17-13(9)11)16-5-8-6-18-7-8/h1-4,8H,5-7H2,(H,16,17). The van der Waals surface area contributed by atoms with Crippen LogP contribution < -0.4 is 5.32 Å². The van der Waals surface area contributed by atoms with Crippen molar-refractivity contribution < 1.29 is 9.13 Å². The number of fused-ring (bicyclic) bond motifs is 1. The van der Waals surface area contributed by atoms with Crippen LogP contribution in [0.3, 0.4) is 0 Å². The lowest BCUT2D eigenvalue weighted by Gasteiger charge is -2.26. The number of benzene rings is 1. The number of anilines is 1. The molecule has 1 aromatic heterocycles. The van der Waals surface area contributed by atoms with Crippen LogP contribution in [0.15, 0.2) is 24.3 Å². The van der Waals surface area contributed by atoms with Crippen LogP contribution in [0.5, 0.6) is 0 Å². The lowest BCUT2D eigenvalue weighted by molar-refractivity contribution is -0.0248. The maximum absolute atomic E-state index is 13.2. The number of aromatic nitrogens is 1. The molecule has 0 bridgehead atoms. The molecule has 0 aliphatic carbocycles. The van der Waals surface area contributed by atoms with Gasteiger partial charge in [-0.25, -0.2) is 9.37 Å². The van der Waals surface area contributed by atoms with Gasteiger partial charge in [0, 0.05) is 17.8 Å². The molecule has 1 saturated heterocycles. The van der Waals surface area contributed by atoms with Crippen molar-refractivity contribution in [1.29, 1.82) is 0 Å². The van der Waals surface area contributed by atoms with Crippen LogP contribution in [-0.4, -0.2) is 24.7 Å². The Hall–Kier alpha value is -1.39. The van der Waals surface area contributed by atoms with Gasteiger partial charge in [-0.2, -0.15) is 0 Å². The van der Waals surface area contributed by atoms with E-state index in [4.69, 9.17) is 16.3 Å². The highest BCUT2D eigenvalue weighted by Gasteiger charge is 2.17. The third-order valence-electron chi connectivity index (χ3n) is 2.99. The van der Waals surface area contributed by atoms with Gasteiger partial charge in [0.2, 0.25) is 0 Å². The lowest BCUT2D eigenvalue weighted by atomic mass is 10.1. The van der Waals surface area contributed by atoms with Crippen molar-refractivity contribution >= 4 is 28.3 Å². The molecule has 3 nitrogen and oxygen atoms in total. The van der Waals surface area contributed by atoms with E-state index in [9.17, 15) is 4.39 Å². The van der Waals surface area contributed by atoms with Crippen molar-refractivity contribution in [3.8, 4) is 0 Å². The number of pyridine rings is 1. The summed E-state index contributed by atoms with van der Waals surface area (Å²) < 4.78 is 18.3. The van der Waals surface area contributed by atoms with E-state index in [1.54, 1.807) is 0 Å². The quantitative estimate of drug-likeness (QED) is 0.927. The predicted octanol–water partition coefficient (Wildman–Crippen LogP) is 3.09. The third kappa shape index (κ3) is 2.26. The Kier molecular flexibility index (Phi) is 3.06. The minimum Gasteiger partial charge on any atom is -0.381 e. The molecule has 2 heterocycles. The van der Waals surface area contributed by atoms with Crippen molar-refractivity contribution in [2.75, 3.05) is 25.1 Å². The first-order chi connectivity index (χ1) is 8.72. The van der Waals surface area contributed by atoms with Crippen LogP contribution in [0.2, 0.25) is 5.02 Å². The summed E-state index contributed by atoms with van der Waals surface area (Å²) in [6.45, 7) is 2.43. The highest BCUT2D eigenvalue weighted by molar-refractivity contribution is 6.35. The van der Waals surface area contributed by atoms with E-state index >= 15 is 0 Å². The van der Waals surface area contributed by atoms with Gasteiger partial charge < -0.3 is 10.1 Å². The zero-order valence-corrected chi connectivity index (χ0v) is 10.4. The zero-order valence-electron chi connectivity index (χ0n) is 9.62. The number of hydrogen-bond donors (Lipinski definition) is 1. The Balaban J connectivity index is 1.85. The molecule has 1 aromatic carbocycles. The van der Waals surface area contributed by atoms with E-state index in [0.717, 1.165) is 25.6 Å². The van der Waals surface area contributed by atoms with E-state index in [-0.39, 0.29) is 5.82 Å². The van der Waals surface area contributed by atoms with Crippen LogP contribution in [0.25, 0.3) is 10.9 Å². The summed E-state index contributed by atoms with van der Waals surface area (Å²) in [4.78, 5) is 4.40. The summed E-state index contributed by atoms with van der Waals surface area (Å²) in [7, 11) is 0. The maximum Gasteiger partial charge on any atom is 0.126 e. The van der Waals surface area contributed by atoms with Gasteiger partial charge in [0.15, 0.2) is 0 Å². The van der Waals surface area contributed by atoms with Crippen LogP contribution in [0.1, 0.15) is 0 Å². The molecular formula is C13H12ClFN2O. The SMILES string of the molecule is Fc1cc(Cl)c2nc(NCC3COC3)ccc2c1. The average Bonchev–Trinajstić information content (AvgIpc) is 2.27. The van der Waals surface area contributed by atoms with E-state index < -0.39 is 0 Å². The Morgan fingerprint density at radius 3 is 2.94 bits per heavy atom. The second-order valence-corrected chi connectivity index (χ2v) is 4.85. The minimum absolute atomic E-state index is 0.334. The topological polar surface area (TPSA) is 34.2 Å². The smallest absolute Gasteiger partial charge is 0.126 e. The van der Waals surface area contributed by atoms with Gasteiger partial charge in [0.25, 0.3) is 0 Å². The molecule has 0 unspecified atom stereocenters. The molecular weight excluding hydrogens is 255 g/mol. The summed E-state index contributed by atoms with van der Waals surface area (Å²) >= 11 is 5.99. The van der Waals surface area contributed by atoms with Gasteiger partial charge in [0.1, 0.15) is 11.6 Å². The molecule has 0 atom stereocenters. The Morgan fingerprint density at radius 1 is 1.39 bits per heavy atom. The van der Waals surface area contributed by atoms with Crippen molar-refractivity contribution in [2.24, 2.45) is 5.92 Å². The number of halogens is 2. The largest absolute Gasteiger partial charge is 0.381 e. The molecule has 3 rings (SSSR count). The number of rotatable bonds is 3. The number of nitrogens with zero attached hydrogens (tertiary/aromatic N) is 1. The predicted molar refractivity (Wildman–Crippen MR) is 69.5 cm³/mol. The fraction of sp³-hybridized carbons (Fsp3) is 0.308. The van der Waals surface area contributed by atoms with E-state index in [0.29, 0.717) is 21.8 Å². The van der Waals surface area contributed by atoms with Gasteiger partial charge in [-0.15, -0.1) is 0 Å². The van der Waals surface area contributed by atoms with Crippen molar-refractivity contribution in [1.82, 2.24) is 4.98 Å². The molecule has 0 spiro atoms. The van der Waals surface area contributed by atoms with Gasteiger partial charge in [-0.1, -0.05) is 11.6 Å². The van der Waals surface area contributed by atoms with Crippen LogP contribution in [-0.2, 0) is 4.74 Å². The molecule has 1 aliphatic rings. The Bertz CT molecular complexity index is 586. The summed E-state index contributed by atoms with van der Waals surface area (Å²) in [5, 5.41) is 4.28. The van der Waals surface area contributed by atoms with Crippen molar-refractivity contribution in [3.63, 3.8) is 0 Å². The van der Waals surface area contributed by atoms with Crippen molar-refractivity contribution in [3.05, 3.63) is 35.1 Å². The van der Waals surface area contributed by atoms with Gasteiger partial charge >= 0.3 is 0 Å². The molecule has 0 radical (unpaired) electrons. The van der Waals surface area contributed by atoms with Crippen molar-refractivity contribution in [2.45, 2.75) is 0 Å². The number of ether oxygens (including phenoxy) is 1. The van der Waals surface area contributed by atoms with Gasteiger partial charge in [-0.05, 0) is 24.3 Å². The van der Waals surface area contributed by atoms with Crippen LogP contribution in [0.4, 0.5) is 10.2 Å². The van der Waals surface area contributed by atoms with E-state index in [1.165, 1.54) is 12.1 Å². The summed E-state index contributed by atoms with van der Waals surface area (Å²) in [5.74, 6) is 0.954. The normalized spacial score (nSPS) is 15.7. The number of nitrogens with one attached hydrogen (secondary N) is 1. The molecule has 0 amide bonds. The molecule has 1 aliphatic heterocycles. The zero-order chi connectivity index (χ0) is 12.5. The van der Waals surface area contributed by atoms with E-state index in [1.807, 2.05) is 12.1 Å². The first-order valence-electron chi connectivity index (χ1n) is 5.80. The summed E-state index contributed by atoms with van der Waals surface area (Å²) in [6, 6.07) is 6.35. The first kappa shape index (κ1) is 11.7. The Morgan fingerprint density at radius 2 is 2.22 bits per heavy atom. The summed E-state index contributed by atoms with van der Waals surface area (Å²) in [6.07, 6.45) is 0. The monoisotopic (exact) mass is 266 g/mol. The Labute approximate surface area is 109 Å². The second-order valence-electron chi connectivity index (χ2n) is 4.44. The third-order valence-corrected chi connectivity index (χ3v) is 3.28. The highest BCUT2D eigenvalue weighted by atomic mass is 35.5. The van der Waals surface area contributed by atoms with Gasteiger partial charge in [0.05, 0.1) is 23.8 Å². The highest BCUT2D eigenvalue weighted by Crippen LogP contribution is 2.25. The second kappa shape index (κ2) is 4.71. The minimum atomic E-state index is -0.346. The molecule has 94 valence electrons. The van der Waals surface area contributed by atoms with Gasteiger partial charge in [-0.3, -0.25) is 0 Å². The molecule has 1 fully saturated rings. The maximum atomic E-state index is 13.2. The first-order valence-corrected chi connectivity index (χ1v) is 6.17. The molecule has 5 heteroatoms. The van der Waals surface area contributed by atoms with Crippen LogP contribution >= 0.6 is 11.6 Å². The molecule has 18 heavy (non-hydrogen) atoms. The molecule has 0 saturated carbocycles.